The fourth-order valence-electron chi connectivity index (χ4n) is 3.05. The van der Waals surface area contributed by atoms with Gasteiger partial charge in [-0.1, -0.05) is 13.0 Å². The quantitative estimate of drug-likeness (QED) is 0.676. The summed E-state index contributed by atoms with van der Waals surface area (Å²) in [5, 5.41) is 8.30. The molecule has 1 aliphatic rings. The monoisotopic (exact) mass is 424 g/mol. The van der Waals surface area contributed by atoms with Gasteiger partial charge in [0.25, 0.3) is 5.91 Å². The van der Waals surface area contributed by atoms with Crippen molar-refractivity contribution in [3.8, 4) is 11.3 Å². The van der Waals surface area contributed by atoms with Crippen LogP contribution in [0.15, 0.2) is 48.0 Å². The van der Waals surface area contributed by atoms with Gasteiger partial charge in [0.1, 0.15) is 17.2 Å². The maximum atomic E-state index is 13.8. The van der Waals surface area contributed by atoms with E-state index in [4.69, 9.17) is 4.74 Å². The Morgan fingerprint density at radius 3 is 2.55 bits per heavy atom. The SMILES string of the molecule is CCc1ncc(C2=NN(C)CO2)cc1-c1cnc(NC(=O)c2c(F)cccc2F)cn1. The smallest absolute Gasteiger partial charge is 0.262 e. The van der Waals surface area contributed by atoms with Crippen molar-refractivity contribution in [2.75, 3.05) is 19.1 Å². The molecule has 2 aromatic heterocycles. The van der Waals surface area contributed by atoms with Gasteiger partial charge in [0.05, 0.1) is 23.7 Å². The Hall–Kier alpha value is -3.95. The van der Waals surface area contributed by atoms with Crippen molar-refractivity contribution in [2.45, 2.75) is 13.3 Å². The lowest BCUT2D eigenvalue weighted by Crippen LogP contribution is -2.16. The summed E-state index contributed by atoms with van der Waals surface area (Å²) in [5.41, 5.74) is 2.08. The van der Waals surface area contributed by atoms with E-state index in [0.717, 1.165) is 23.4 Å². The average Bonchev–Trinajstić information content (AvgIpc) is 3.20. The second-order valence-corrected chi connectivity index (χ2v) is 6.75. The van der Waals surface area contributed by atoms with Crippen LogP contribution in [0.4, 0.5) is 14.6 Å². The summed E-state index contributed by atoms with van der Waals surface area (Å²) in [4.78, 5) is 25.2. The van der Waals surface area contributed by atoms with Gasteiger partial charge in [0, 0.05) is 24.5 Å². The summed E-state index contributed by atoms with van der Waals surface area (Å²) in [5.74, 6) is -2.34. The highest BCUT2D eigenvalue weighted by Crippen LogP contribution is 2.24. The van der Waals surface area contributed by atoms with Crippen LogP contribution in [0.5, 0.6) is 0 Å². The molecule has 0 spiro atoms. The van der Waals surface area contributed by atoms with Gasteiger partial charge in [-0.15, -0.1) is 5.10 Å². The van der Waals surface area contributed by atoms with E-state index >= 15 is 0 Å². The minimum atomic E-state index is -0.958. The third kappa shape index (κ3) is 4.18. The van der Waals surface area contributed by atoms with E-state index in [1.165, 1.54) is 18.5 Å². The van der Waals surface area contributed by atoms with Crippen LogP contribution in [0.3, 0.4) is 0 Å². The molecule has 0 saturated heterocycles. The fraction of sp³-hybridized carbons (Fsp3) is 0.190. The highest BCUT2D eigenvalue weighted by Gasteiger charge is 2.19. The number of nitrogens with zero attached hydrogens (tertiary/aromatic N) is 5. The van der Waals surface area contributed by atoms with Gasteiger partial charge >= 0.3 is 0 Å². The summed E-state index contributed by atoms with van der Waals surface area (Å²) in [6.45, 7) is 2.32. The van der Waals surface area contributed by atoms with Crippen LogP contribution in [-0.4, -0.2) is 45.5 Å². The van der Waals surface area contributed by atoms with E-state index in [0.29, 0.717) is 30.3 Å². The maximum absolute atomic E-state index is 13.8. The van der Waals surface area contributed by atoms with E-state index in [9.17, 15) is 13.6 Å². The number of carbonyl (C=O) groups is 1. The van der Waals surface area contributed by atoms with Crippen molar-refractivity contribution in [1.82, 2.24) is 20.0 Å². The zero-order valence-electron chi connectivity index (χ0n) is 16.8. The predicted octanol–water partition coefficient (Wildman–Crippen LogP) is 3.21. The number of benzene rings is 1. The van der Waals surface area contributed by atoms with Gasteiger partial charge in [-0.2, -0.15) is 0 Å². The second-order valence-electron chi connectivity index (χ2n) is 6.75. The van der Waals surface area contributed by atoms with Crippen LogP contribution in [0.2, 0.25) is 0 Å². The molecular formula is C21H18F2N6O2. The lowest BCUT2D eigenvalue weighted by Gasteiger charge is -2.10. The van der Waals surface area contributed by atoms with Crippen molar-refractivity contribution in [3.05, 3.63) is 71.3 Å². The van der Waals surface area contributed by atoms with Gasteiger partial charge in [0.15, 0.2) is 12.5 Å². The van der Waals surface area contributed by atoms with Crippen LogP contribution in [-0.2, 0) is 11.2 Å². The number of anilines is 1. The Balaban J connectivity index is 1.59. The maximum Gasteiger partial charge on any atom is 0.262 e. The fourth-order valence-corrected chi connectivity index (χ4v) is 3.05. The largest absolute Gasteiger partial charge is 0.453 e. The van der Waals surface area contributed by atoms with Gasteiger partial charge in [-0.25, -0.2) is 13.8 Å². The summed E-state index contributed by atoms with van der Waals surface area (Å²) in [7, 11) is 1.80. The number of halogens is 2. The van der Waals surface area contributed by atoms with Crippen molar-refractivity contribution < 1.29 is 18.3 Å². The van der Waals surface area contributed by atoms with Gasteiger partial charge in [0.2, 0.25) is 5.90 Å². The van der Waals surface area contributed by atoms with Crippen LogP contribution in [0.25, 0.3) is 11.3 Å². The number of nitrogens with one attached hydrogen (secondary N) is 1. The lowest BCUT2D eigenvalue weighted by atomic mass is 10.1. The number of hydrogen-bond donors (Lipinski definition) is 1. The number of aryl methyl sites for hydroxylation is 1. The van der Waals surface area contributed by atoms with E-state index in [2.05, 4.69) is 25.4 Å². The first-order valence-electron chi connectivity index (χ1n) is 9.46. The normalized spacial score (nSPS) is 13.0. The number of rotatable bonds is 5. The number of aromatic nitrogens is 3. The molecule has 8 nitrogen and oxygen atoms in total. The topological polar surface area (TPSA) is 92.6 Å². The first-order valence-corrected chi connectivity index (χ1v) is 9.46. The Morgan fingerprint density at radius 1 is 1.16 bits per heavy atom. The highest BCUT2D eigenvalue weighted by atomic mass is 19.1. The summed E-state index contributed by atoms with van der Waals surface area (Å²) in [6, 6.07) is 5.06. The molecule has 0 atom stereocenters. The molecule has 0 saturated carbocycles. The number of ether oxygens (including phenoxy) is 1. The number of hydrogen-bond acceptors (Lipinski definition) is 7. The predicted molar refractivity (Wildman–Crippen MR) is 109 cm³/mol. The lowest BCUT2D eigenvalue weighted by molar-refractivity contribution is 0.101. The number of carbonyl (C=O) groups excluding carboxylic acids is 1. The van der Waals surface area contributed by atoms with Crippen LogP contribution in [0, 0.1) is 11.6 Å². The van der Waals surface area contributed by atoms with Crippen LogP contribution < -0.4 is 5.32 Å². The van der Waals surface area contributed by atoms with E-state index < -0.39 is 23.1 Å². The van der Waals surface area contributed by atoms with Crippen molar-refractivity contribution in [2.24, 2.45) is 5.10 Å². The molecule has 10 heteroatoms. The van der Waals surface area contributed by atoms with Crippen molar-refractivity contribution >= 4 is 17.6 Å². The zero-order chi connectivity index (χ0) is 22.0. The molecule has 3 aromatic rings. The Kier molecular flexibility index (Phi) is 5.52. The molecule has 158 valence electrons. The van der Waals surface area contributed by atoms with Crippen molar-refractivity contribution in [3.63, 3.8) is 0 Å². The van der Waals surface area contributed by atoms with E-state index in [1.54, 1.807) is 18.3 Å². The average molecular weight is 424 g/mol. The van der Waals surface area contributed by atoms with Crippen LogP contribution >= 0.6 is 0 Å². The molecule has 0 fully saturated rings. The standard InChI is InChI=1S/C21H18F2N6O2/c1-3-16-13(7-12(8-24-16)21-28-29(2)11-31-21)17-9-26-18(10-25-17)27-20(30)19-14(22)5-4-6-15(19)23/h4-10H,3,11H2,1-2H3,(H,26,27,30). The molecule has 0 bridgehead atoms. The van der Waals surface area contributed by atoms with Gasteiger partial charge in [-0.3, -0.25) is 19.8 Å². The first-order chi connectivity index (χ1) is 15.0. The molecule has 0 unspecified atom stereocenters. The molecule has 4 rings (SSSR count). The number of pyridine rings is 1. The summed E-state index contributed by atoms with van der Waals surface area (Å²) >= 11 is 0. The molecule has 3 heterocycles. The Bertz CT molecular complexity index is 1150. The molecule has 31 heavy (non-hydrogen) atoms. The molecule has 1 aliphatic heterocycles. The van der Waals surface area contributed by atoms with E-state index in [1.807, 2.05) is 13.0 Å². The molecule has 0 aliphatic carbocycles. The van der Waals surface area contributed by atoms with Crippen LogP contribution in [0.1, 0.15) is 28.5 Å². The van der Waals surface area contributed by atoms with Gasteiger partial charge < -0.3 is 10.1 Å². The molecule has 1 N–H and O–H groups in total. The number of hydrazone groups is 1. The highest BCUT2D eigenvalue weighted by molar-refractivity contribution is 6.04. The molecule has 1 aromatic carbocycles. The molecular weight excluding hydrogens is 406 g/mol. The minimum Gasteiger partial charge on any atom is -0.453 e. The van der Waals surface area contributed by atoms with Gasteiger partial charge in [-0.05, 0) is 24.6 Å². The van der Waals surface area contributed by atoms with E-state index in [-0.39, 0.29) is 5.82 Å². The zero-order valence-corrected chi connectivity index (χ0v) is 16.8. The summed E-state index contributed by atoms with van der Waals surface area (Å²) < 4.78 is 33.1. The minimum absolute atomic E-state index is 0.0590. The molecule has 0 radical (unpaired) electrons. The Morgan fingerprint density at radius 2 is 1.94 bits per heavy atom. The Labute approximate surface area is 176 Å². The third-order valence-electron chi connectivity index (χ3n) is 4.56. The van der Waals surface area contributed by atoms with Crippen molar-refractivity contribution in [1.29, 1.82) is 0 Å². The second kappa shape index (κ2) is 8.42. The number of amides is 1. The molecule has 1 amide bonds. The summed E-state index contributed by atoms with van der Waals surface area (Å²) in [6.07, 6.45) is 5.12. The third-order valence-corrected chi connectivity index (χ3v) is 4.56. The first kappa shape index (κ1) is 20.3.